The van der Waals surface area contributed by atoms with Crippen LogP contribution in [0.3, 0.4) is 0 Å². The van der Waals surface area contributed by atoms with Crippen LogP contribution in [0.5, 0.6) is 0 Å². The predicted octanol–water partition coefficient (Wildman–Crippen LogP) is 1.26. The van der Waals surface area contributed by atoms with E-state index in [1.54, 1.807) is 0 Å². The van der Waals surface area contributed by atoms with Crippen molar-refractivity contribution in [2.24, 2.45) is 5.92 Å². The van der Waals surface area contributed by atoms with Crippen LogP contribution in [0.15, 0.2) is 0 Å². The zero-order chi connectivity index (χ0) is 12.9. The molecule has 0 radical (unpaired) electrons. The van der Waals surface area contributed by atoms with Gasteiger partial charge in [-0.3, -0.25) is 9.69 Å². The summed E-state index contributed by atoms with van der Waals surface area (Å²) in [6.45, 7) is 12.2. The van der Waals surface area contributed by atoms with Crippen LogP contribution in [0.4, 0.5) is 0 Å². The van der Waals surface area contributed by atoms with Crippen molar-refractivity contribution in [3.05, 3.63) is 0 Å². The molecule has 1 aliphatic heterocycles. The third-order valence-electron chi connectivity index (χ3n) is 2.87. The van der Waals surface area contributed by atoms with Gasteiger partial charge in [-0.25, -0.2) is 0 Å². The lowest BCUT2D eigenvalue weighted by molar-refractivity contribution is -0.125. The topological polar surface area (TPSA) is 41.6 Å². The molecule has 0 spiro atoms. The highest BCUT2D eigenvalue weighted by Gasteiger charge is 2.23. The lowest BCUT2D eigenvalue weighted by atomic mass is 9.93. The summed E-state index contributed by atoms with van der Waals surface area (Å²) in [5, 5.41) is 3.11. The number of carbonyl (C=O) groups is 1. The van der Waals surface area contributed by atoms with Crippen LogP contribution in [0.2, 0.25) is 0 Å². The highest BCUT2D eigenvalue weighted by molar-refractivity contribution is 5.78. The molecule has 1 rings (SSSR count). The molecule has 0 bridgehead atoms. The summed E-state index contributed by atoms with van der Waals surface area (Å²) in [5.74, 6) is 0.714. The highest BCUT2D eigenvalue weighted by Crippen LogP contribution is 2.15. The quantitative estimate of drug-likeness (QED) is 0.789. The fourth-order valence-electron chi connectivity index (χ4n) is 2.45. The lowest BCUT2D eigenvalue weighted by Crippen LogP contribution is -2.50. The van der Waals surface area contributed by atoms with E-state index < -0.39 is 0 Å². The van der Waals surface area contributed by atoms with Crippen LogP contribution in [0.25, 0.3) is 0 Å². The van der Waals surface area contributed by atoms with Gasteiger partial charge in [-0.05, 0) is 26.2 Å². The maximum Gasteiger partial charge on any atom is 0.234 e. The summed E-state index contributed by atoms with van der Waals surface area (Å²) in [7, 11) is 0. The van der Waals surface area contributed by atoms with Crippen molar-refractivity contribution in [3.63, 3.8) is 0 Å². The van der Waals surface area contributed by atoms with Crippen LogP contribution in [0, 0.1) is 5.92 Å². The summed E-state index contributed by atoms with van der Waals surface area (Å²) >= 11 is 0. The minimum Gasteiger partial charge on any atom is -0.379 e. The third-order valence-corrected chi connectivity index (χ3v) is 2.87. The first kappa shape index (κ1) is 14.5. The third kappa shape index (κ3) is 6.03. The van der Waals surface area contributed by atoms with E-state index in [-0.39, 0.29) is 11.4 Å². The molecule has 0 unspecified atom stereocenters. The van der Waals surface area contributed by atoms with Crippen molar-refractivity contribution in [2.75, 3.05) is 32.8 Å². The SMILES string of the molecule is CC(C)CC(C)(C)NC(=O)CN1CCOCC1. The lowest BCUT2D eigenvalue weighted by Gasteiger charge is -2.31. The first-order valence-electron chi connectivity index (χ1n) is 6.50. The van der Waals surface area contributed by atoms with Gasteiger partial charge in [0.05, 0.1) is 19.8 Å². The average molecular weight is 242 g/mol. The summed E-state index contributed by atoms with van der Waals surface area (Å²) in [4.78, 5) is 14.1. The number of amides is 1. The Bertz CT molecular complexity index is 246. The Hall–Kier alpha value is -0.610. The molecule has 0 aliphatic carbocycles. The molecule has 17 heavy (non-hydrogen) atoms. The van der Waals surface area contributed by atoms with Crippen molar-refractivity contribution in [2.45, 2.75) is 39.7 Å². The molecular formula is C13H26N2O2. The number of morpholine rings is 1. The molecule has 1 aliphatic rings. The van der Waals surface area contributed by atoms with Gasteiger partial charge in [0.1, 0.15) is 0 Å². The van der Waals surface area contributed by atoms with Crippen LogP contribution in [0.1, 0.15) is 34.1 Å². The first-order chi connectivity index (χ1) is 7.89. The van der Waals surface area contributed by atoms with Crippen molar-refractivity contribution in [3.8, 4) is 0 Å². The Morgan fingerprint density at radius 2 is 1.94 bits per heavy atom. The highest BCUT2D eigenvalue weighted by atomic mass is 16.5. The summed E-state index contributed by atoms with van der Waals surface area (Å²) in [6.07, 6.45) is 1.00. The molecule has 0 saturated carbocycles. The van der Waals surface area contributed by atoms with E-state index in [1.165, 1.54) is 0 Å². The van der Waals surface area contributed by atoms with E-state index >= 15 is 0 Å². The van der Waals surface area contributed by atoms with E-state index in [1.807, 2.05) is 0 Å². The Balaban J connectivity index is 2.32. The van der Waals surface area contributed by atoms with Crippen LogP contribution >= 0.6 is 0 Å². The van der Waals surface area contributed by atoms with Crippen molar-refractivity contribution in [1.82, 2.24) is 10.2 Å². The molecule has 4 heteroatoms. The van der Waals surface area contributed by atoms with Gasteiger partial charge >= 0.3 is 0 Å². The minimum atomic E-state index is -0.114. The molecule has 0 aromatic heterocycles. The molecule has 4 nitrogen and oxygen atoms in total. The number of carbonyl (C=O) groups excluding carboxylic acids is 1. The molecule has 1 amide bonds. The summed E-state index contributed by atoms with van der Waals surface area (Å²) in [5.41, 5.74) is -0.114. The van der Waals surface area contributed by atoms with E-state index in [9.17, 15) is 4.79 Å². The normalized spacial score (nSPS) is 18.4. The number of ether oxygens (including phenoxy) is 1. The minimum absolute atomic E-state index is 0.114. The van der Waals surface area contributed by atoms with Gasteiger partial charge in [-0.15, -0.1) is 0 Å². The molecule has 0 aromatic carbocycles. The fraction of sp³-hybridized carbons (Fsp3) is 0.923. The number of hydrogen-bond acceptors (Lipinski definition) is 3. The summed E-state index contributed by atoms with van der Waals surface area (Å²) < 4.78 is 5.26. The standard InChI is InChI=1S/C13H26N2O2/c1-11(2)9-13(3,4)14-12(16)10-15-5-7-17-8-6-15/h11H,5-10H2,1-4H3,(H,14,16). The molecule has 1 N–H and O–H groups in total. The smallest absolute Gasteiger partial charge is 0.234 e. The summed E-state index contributed by atoms with van der Waals surface area (Å²) in [6, 6.07) is 0. The molecular weight excluding hydrogens is 216 g/mol. The monoisotopic (exact) mass is 242 g/mol. The Morgan fingerprint density at radius 1 is 1.35 bits per heavy atom. The largest absolute Gasteiger partial charge is 0.379 e. The first-order valence-corrected chi connectivity index (χ1v) is 6.50. The molecule has 100 valence electrons. The average Bonchev–Trinajstić information content (AvgIpc) is 2.15. The maximum absolute atomic E-state index is 11.9. The number of hydrogen-bond donors (Lipinski definition) is 1. The second kappa shape index (κ2) is 6.36. The predicted molar refractivity (Wildman–Crippen MR) is 68.9 cm³/mol. The molecule has 1 saturated heterocycles. The fourth-order valence-corrected chi connectivity index (χ4v) is 2.45. The Kier molecular flexibility index (Phi) is 5.40. The maximum atomic E-state index is 11.9. The molecule has 1 fully saturated rings. The van der Waals surface area contributed by atoms with Crippen molar-refractivity contribution < 1.29 is 9.53 Å². The van der Waals surface area contributed by atoms with E-state index in [2.05, 4.69) is 37.9 Å². The van der Waals surface area contributed by atoms with Crippen LogP contribution in [-0.2, 0) is 9.53 Å². The second-order valence-electron chi connectivity index (χ2n) is 5.92. The van der Waals surface area contributed by atoms with Gasteiger partial charge in [0, 0.05) is 18.6 Å². The Labute approximate surface area is 105 Å². The molecule has 0 aromatic rings. The van der Waals surface area contributed by atoms with E-state index in [0.717, 1.165) is 32.7 Å². The van der Waals surface area contributed by atoms with Gasteiger partial charge in [0.15, 0.2) is 0 Å². The molecule has 1 heterocycles. The molecule has 0 atom stereocenters. The zero-order valence-corrected chi connectivity index (χ0v) is 11.6. The van der Waals surface area contributed by atoms with E-state index in [4.69, 9.17) is 4.74 Å². The second-order valence-corrected chi connectivity index (χ2v) is 5.92. The zero-order valence-electron chi connectivity index (χ0n) is 11.6. The van der Waals surface area contributed by atoms with Gasteiger partial charge in [-0.1, -0.05) is 13.8 Å². The number of rotatable bonds is 5. The van der Waals surface area contributed by atoms with E-state index in [0.29, 0.717) is 12.5 Å². The van der Waals surface area contributed by atoms with Crippen molar-refractivity contribution >= 4 is 5.91 Å². The number of nitrogens with zero attached hydrogens (tertiary/aromatic N) is 1. The number of nitrogens with one attached hydrogen (secondary N) is 1. The van der Waals surface area contributed by atoms with Gasteiger partial charge in [-0.2, -0.15) is 0 Å². The van der Waals surface area contributed by atoms with Gasteiger partial charge in [0.25, 0.3) is 0 Å². The van der Waals surface area contributed by atoms with Crippen LogP contribution in [-0.4, -0.2) is 49.2 Å². The Morgan fingerprint density at radius 3 is 2.47 bits per heavy atom. The van der Waals surface area contributed by atoms with Gasteiger partial charge < -0.3 is 10.1 Å². The van der Waals surface area contributed by atoms with Crippen molar-refractivity contribution in [1.29, 1.82) is 0 Å². The van der Waals surface area contributed by atoms with Crippen LogP contribution < -0.4 is 5.32 Å². The van der Waals surface area contributed by atoms with Gasteiger partial charge in [0.2, 0.25) is 5.91 Å².